The molecule has 5 nitrogen and oxygen atoms in total. The number of amides is 1. The van der Waals surface area contributed by atoms with Gasteiger partial charge in [-0.1, -0.05) is 24.3 Å². The van der Waals surface area contributed by atoms with Gasteiger partial charge in [0.25, 0.3) is 0 Å². The number of hydrogen-bond acceptors (Lipinski definition) is 4. The first-order valence-electron chi connectivity index (χ1n) is 7.90. The van der Waals surface area contributed by atoms with Gasteiger partial charge in [0.15, 0.2) is 0 Å². The molecular weight excluding hydrogens is 264 g/mol. The molecule has 3 N–H and O–H groups in total. The van der Waals surface area contributed by atoms with Crippen LogP contribution in [-0.4, -0.2) is 42.5 Å². The van der Waals surface area contributed by atoms with Crippen molar-refractivity contribution >= 4 is 5.91 Å². The van der Waals surface area contributed by atoms with E-state index in [9.17, 15) is 4.79 Å². The Labute approximate surface area is 125 Å². The Morgan fingerprint density at radius 1 is 1.19 bits per heavy atom. The largest absolute Gasteiger partial charge is 0.337 e. The summed E-state index contributed by atoms with van der Waals surface area (Å²) in [6, 6.07) is 8.79. The molecule has 0 spiro atoms. The van der Waals surface area contributed by atoms with E-state index in [-0.39, 0.29) is 11.9 Å². The Morgan fingerprint density at radius 2 is 2.05 bits per heavy atom. The summed E-state index contributed by atoms with van der Waals surface area (Å²) in [7, 11) is 0. The number of benzene rings is 1. The van der Waals surface area contributed by atoms with Gasteiger partial charge in [-0.3, -0.25) is 10.2 Å². The predicted octanol–water partition coefficient (Wildman–Crippen LogP) is 0.0258. The Bertz CT molecular complexity index is 547. The first kappa shape index (κ1) is 13.2. The summed E-state index contributed by atoms with van der Waals surface area (Å²) < 4.78 is 0. The molecule has 0 radical (unpaired) electrons. The van der Waals surface area contributed by atoms with Crippen LogP contribution in [0.2, 0.25) is 0 Å². The van der Waals surface area contributed by atoms with E-state index < -0.39 is 0 Å². The molecule has 4 rings (SSSR count). The molecule has 0 aliphatic carbocycles. The van der Waals surface area contributed by atoms with E-state index in [1.807, 2.05) is 4.90 Å². The van der Waals surface area contributed by atoms with E-state index >= 15 is 0 Å². The third kappa shape index (κ3) is 2.35. The smallest absolute Gasteiger partial charge is 0.241 e. The molecule has 5 heteroatoms. The monoisotopic (exact) mass is 286 g/mol. The van der Waals surface area contributed by atoms with Crippen LogP contribution in [0.4, 0.5) is 0 Å². The number of carbonyl (C=O) groups is 1. The molecule has 21 heavy (non-hydrogen) atoms. The number of hydrazine groups is 1. The van der Waals surface area contributed by atoms with Crippen LogP contribution in [0.5, 0.6) is 0 Å². The number of nitrogens with zero attached hydrogens (tertiary/aromatic N) is 1. The molecule has 2 saturated heterocycles. The fourth-order valence-electron chi connectivity index (χ4n) is 3.84. The van der Waals surface area contributed by atoms with Gasteiger partial charge in [0, 0.05) is 31.6 Å². The molecule has 3 aliphatic heterocycles. The van der Waals surface area contributed by atoms with Gasteiger partial charge in [-0.05, 0) is 30.5 Å². The molecule has 1 aromatic rings. The topological polar surface area (TPSA) is 56.4 Å². The van der Waals surface area contributed by atoms with Crippen molar-refractivity contribution in [3.8, 4) is 0 Å². The first-order valence-corrected chi connectivity index (χ1v) is 7.90. The molecule has 0 saturated carbocycles. The number of carbonyl (C=O) groups excluding carboxylic acids is 1. The maximum Gasteiger partial charge on any atom is 0.241 e. The maximum atomic E-state index is 12.9. The van der Waals surface area contributed by atoms with Gasteiger partial charge in [-0.25, -0.2) is 5.43 Å². The minimum absolute atomic E-state index is 0.0898. The Hall–Kier alpha value is -1.43. The van der Waals surface area contributed by atoms with E-state index in [4.69, 9.17) is 0 Å². The quantitative estimate of drug-likeness (QED) is 0.681. The molecule has 0 aromatic heterocycles. The zero-order chi connectivity index (χ0) is 14.2. The number of nitrogens with one attached hydrogen (secondary N) is 3. The molecule has 3 heterocycles. The Kier molecular flexibility index (Phi) is 3.41. The molecule has 1 aromatic carbocycles. The number of rotatable bonds is 1. The van der Waals surface area contributed by atoms with Crippen molar-refractivity contribution in [2.75, 3.05) is 19.6 Å². The molecule has 0 bridgehead atoms. The van der Waals surface area contributed by atoms with Gasteiger partial charge in [-0.2, -0.15) is 0 Å². The van der Waals surface area contributed by atoms with Crippen molar-refractivity contribution in [3.05, 3.63) is 35.4 Å². The highest BCUT2D eigenvalue weighted by molar-refractivity contribution is 5.83. The molecular formula is C16H22N4O. The highest BCUT2D eigenvalue weighted by atomic mass is 16.2. The minimum atomic E-state index is -0.0898. The van der Waals surface area contributed by atoms with E-state index in [0.717, 1.165) is 39.0 Å². The van der Waals surface area contributed by atoms with E-state index in [2.05, 4.69) is 40.4 Å². The summed E-state index contributed by atoms with van der Waals surface area (Å²) in [5.74, 6) is 0.608. The lowest BCUT2D eigenvalue weighted by atomic mass is 9.88. The van der Waals surface area contributed by atoms with E-state index in [1.54, 1.807) is 0 Å². The third-order valence-electron chi connectivity index (χ3n) is 5.09. The van der Waals surface area contributed by atoms with Crippen LogP contribution in [0.15, 0.2) is 24.3 Å². The lowest BCUT2D eigenvalue weighted by Crippen LogP contribution is -2.51. The average molecular weight is 286 g/mol. The summed E-state index contributed by atoms with van der Waals surface area (Å²) in [6.07, 6.45) is 2.05. The second-order valence-corrected chi connectivity index (χ2v) is 6.31. The normalized spacial score (nSPS) is 31.6. The molecule has 1 amide bonds. The van der Waals surface area contributed by atoms with Crippen LogP contribution in [0.3, 0.4) is 0 Å². The summed E-state index contributed by atoms with van der Waals surface area (Å²) in [5.41, 5.74) is 9.23. The van der Waals surface area contributed by atoms with Crippen molar-refractivity contribution in [3.63, 3.8) is 0 Å². The lowest BCUT2D eigenvalue weighted by Gasteiger charge is -2.33. The average Bonchev–Trinajstić information content (AvgIpc) is 2.98. The zero-order valence-corrected chi connectivity index (χ0v) is 12.1. The summed E-state index contributed by atoms with van der Waals surface area (Å²) in [5, 5.41) is 3.41. The Morgan fingerprint density at radius 3 is 2.95 bits per heavy atom. The van der Waals surface area contributed by atoms with Crippen molar-refractivity contribution < 1.29 is 4.79 Å². The highest BCUT2D eigenvalue weighted by Crippen LogP contribution is 2.24. The molecule has 3 atom stereocenters. The van der Waals surface area contributed by atoms with Crippen molar-refractivity contribution in [1.29, 1.82) is 0 Å². The van der Waals surface area contributed by atoms with Crippen LogP contribution >= 0.6 is 0 Å². The van der Waals surface area contributed by atoms with Gasteiger partial charge < -0.3 is 10.2 Å². The zero-order valence-electron chi connectivity index (χ0n) is 12.1. The Balaban J connectivity index is 1.49. The standard InChI is InChI=1S/C16H22N4O/c21-16(15-13-9-17-7-5-14(13)18-19-15)20-8-6-11-3-1-2-4-12(11)10-20/h1-4,13-15,17-19H,5-10H2. The third-order valence-corrected chi connectivity index (χ3v) is 5.09. The van der Waals surface area contributed by atoms with Gasteiger partial charge in [0.05, 0.1) is 0 Å². The van der Waals surface area contributed by atoms with Gasteiger partial charge >= 0.3 is 0 Å². The van der Waals surface area contributed by atoms with Crippen molar-refractivity contribution in [1.82, 2.24) is 21.1 Å². The predicted molar refractivity (Wildman–Crippen MR) is 80.4 cm³/mol. The second kappa shape index (κ2) is 5.40. The molecule has 2 fully saturated rings. The van der Waals surface area contributed by atoms with Gasteiger partial charge in [0.1, 0.15) is 6.04 Å². The van der Waals surface area contributed by atoms with Crippen LogP contribution in [-0.2, 0) is 17.8 Å². The number of hydrogen-bond donors (Lipinski definition) is 3. The summed E-state index contributed by atoms with van der Waals surface area (Å²) in [4.78, 5) is 14.9. The van der Waals surface area contributed by atoms with Gasteiger partial charge in [-0.15, -0.1) is 0 Å². The van der Waals surface area contributed by atoms with E-state index in [1.165, 1.54) is 11.1 Å². The van der Waals surface area contributed by atoms with Crippen molar-refractivity contribution in [2.45, 2.75) is 31.5 Å². The highest BCUT2D eigenvalue weighted by Gasteiger charge is 2.42. The molecule has 3 aliphatic rings. The SMILES string of the molecule is O=C(C1NNC2CCNCC21)N1CCc2ccccc2C1. The van der Waals surface area contributed by atoms with Crippen LogP contribution in [0.25, 0.3) is 0 Å². The lowest BCUT2D eigenvalue weighted by molar-refractivity contribution is -0.135. The minimum Gasteiger partial charge on any atom is -0.337 e. The fraction of sp³-hybridized carbons (Fsp3) is 0.562. The molecule has 112 valence electrons. The summed E-state index contributed by atoms with van der Waals surface area (Å²) >= 11 is 0. The first-order chi connectivity index (χ1) is 10.3. The maximum absolute atomic E-state index is 12.9. The number of fused-ring (bicyclic) bond motifs is 2. The molecule has 3 unspecified atom stereocenters. The van der Waals surface area contributed by atoms with Crippen molar-refractivity contribution in [2.24, 2.45) is 5.92 Å². The second-order valence-electron chi connectivity index (χ2n) is 6.31. The van der Waals surface area contributed by atoms with Gasteiger partial charge in [0.2, 0.25) is 5.91 Å². The van der Waals surface area contributed by atoms with Crippen LogP contribution in [0.1, 0.15) is 17.5 Å². The fourth-order valence-corrected chi connectivity index (χ4v) is 3.84. The van der Waals surface area contributed by atoms with E-state index in [0.29, 0.717) is 12.0 Å². The number of piperidine rings is 1. The van der Waals surface area contributed by atoms with Crippen LogP contribution in [0, 0.1) is 5.92 Å². The summed E-state index contributed by atoms with van der Waals surface area (Å²) in [6.45, 7) is 3.54. The van der Waals surface area contributed by atoms with Crippen LogP contribution < -0.4 is 16.2 Å².